The van der Waals surface area contributed by atoms with E-state index in [0.717, 1.165) is 55.1 Å². The van der Waals surface area contributed by atoms with Crippen molar-refractivity contribution in [1.82, 2.24) is 19.7 Å². The lowest BCUT2D eigenvalue weighted by Gasteiger charge is -2.23. The number of nitrogens with one attached hydrogen (secondary N) is 1. The summed E-state index contributed by atoms with van der Waals surface area (Å²) in [4.78, 5) is 27.1. The van der Waals surface area contributed by atoms with E-state index in [2.05, 4.69) is 20.1 Å². The van der Waals surface area contributed by atoms with Gasteiger partial charge in [-0.1, -0.05) is 19.3 Å². The summed E-state index contributed by atoms with van der Waals surface area (Å²) in [5.74, 6) is 1.78. The molecule has 2 aliphatic heterocycles. The first kappa shape index (κ1) is 19.3. The third-order valence-electron chi connectivity index (χ3n) is 6.81. The predicted molar refractivity (Wildman–Crippen MR) is 114 cm³/mol. The summed E-state index contributed by atoms with van der Waals surface area (Å²) in [6, 6.07) is 8.15. The zero-order valence-electron chi connectivity index (χ0n) is 17.3. The molecule has 1 N–H and O–H groups in total. The smallest absolute Gasteiger partial charge is 0.229 e. The van der Waals surface area contributed by atoms with Gasteiger partial charge in [0.15, 0.2) is 5.82 Å². The molecule has 30 heavy (non-hydrogen) atoms. The first-order valence-corrected chi connectivity index (χ1v) is 11.3. The second-order valence-electron chi connectivity index (χ2n) is 8.85. The standard InChI is InChI=1S/C23H29N5O2/c29-21-14-17(15-28(21)19-6-3-4-7-19)23(30)24-18-11-9-16(10-12-18)22-26-25-20-8-2-1-5-13-27(20)22/h9-12,17,19H,1-8,13-15H2,(H,24,30). The molecule has 2 aromatic rings. The van der Waals surface area contributed by atoms with Crippen LogP contribution in [0.5, 0.6) is 0 Å². The van der Waals surface area contributed by atoms with E-state index in [1.807, 2.05) is 29.2 Å². The summed E-state index contributed by atoms with van der Waals surface area (Å²) in [5.41, 5.74) is 1.77. The van der Waals surface area contributed by atoms with E-state index in [1.54, 1.807) is 0 Å². The minimum atomic E-state index is -0.259. The molecule has 1 aliphatic carbocycles. The van der Waals surface area contributed by atoms with Crippen LogP contribution in [0.4, 0.5) is 5.69 Å². The highest BCUT2D eigenvalue weighted by Gasteiger charge is 2.38. The second-order valence-corrected chi connectivity index (χ2v) is 8.85. The molecule has 0 spiro atoms. The summed E-state index contributed by atoms with van der Waals surface area (Å²) in [6.07, 6.45) is 9.40. The minimum Gasteiger partial charge on any atom is -0.339 e. The number of hydrogen-bond donors (Lipinski definition) is 1. The molecule has 1 aromatic carbocycles. The second kappa shape index (κ2) is 8.20. The van der Waals surface area contributed by atoms with Crippen molar-refractivity contribution in [3.8, 4) is 11.4 Å². The van der Waals surface area contributed by atoms with Gasteiger partial charge in [-0.3, -0.25) is 9.59 Å². The number of nitrogens with zero attached hydrogens (tertiary/aromatic N) is 4. The number of anilines is 1. The van der Waals surface area contributed by atoms with Gasteiger partial charge < -0.3 is 14.8 Å². The third kappa shape index (κ3) is 3.73. The molecule has 1 atom stereocenters. The van der Waals surface area contributed by atoms with Gasteiger partial charge in [0.25, 0.3) is 0 Å². The van der Waals surface area contributed by atoms with Crippen LogP contribution in [0.1, 0.15) is 57.2 Å². The van der Waals surface area contributed by atoms with Gasteiger partial charge in [-0.05, 0) is 49.9 Å². The van der Waals surface area contributed by atoms with Crippen LogP contribution in [0, 0.1) is 5.92 Å². The van der Waals surface area contributed by atoms with E-state index < -0.39 is 0 Å². The Balaban J connectivity index is 1.24. The van der Waals surface area contributed by atoms with Gasteiger partial charge in [-0.2, -0.15) is 0 Å². The van der Waals surface area contributed by atoms with E-state index in [4.69, 9.17) is 0 Å². The highest BCUT2D eigenvalue weighted by molar-refractivity contribution is 5.97. The number of amides is 2. The van der Waals surface area contributed by atoms with Gasteiger partial charge in [0.2, 0.25) is 11.8 Å². The quantitative estimate of drug-likeness (QED) is 0.842. The molecular formula is C23H29N5O2. The summed E-state index contributed by atoms with van der Waals surface area (Å²) in [6.45, 7) is 1.52. The average molecular weight is 408 g/mol. The number of hydrogen-bond acceptors (Lipinski definition) is 4. The maximum absolute atomic E-state index is 12.7. The first-order valence-electron chi connectivity index (χ1n) is 11.3. The zero-order chi connectivity index (χ0) is 20.5. The predicted octanol–water partition coefficient (Wildman–Crippen LogP) is 3.40. The molecule has 1 saturated heterocycles. The van der Waals surface area contributed by atoms with Crippen molar-refractivity contribution in [2.45, 2.75) is 70.4 Å². The van der Waals surface area contributed by atoms with Crippen LogP contribution >= 0.6 is 0 Å². The molecule has 0 radical (unpaired) electrons. The monoisotopic (exact) mass is 407 g/mol. The molecule has 158 valence electrons. The Bertz CT molecular complexity index is 930. The van der Waals surface area contributed by atoms with Gasteiger partial charge in [-0.15, -0.1) is 10.2 Å². The lowest BCUT2D eigenvalue weighted by atomic mass is 10.1. The van der Waals surface area contributed by atoms with Crippen molar-refractivity contribution in [3.63, 3.8) is 0 Å². The van der Waals surface area contributed by atoms with E-state index in [-0.39, 0.29) is 17.7 Å². The number of carbonyl (C=O) groups excluding carboxylic acids is 2. The molecule has 1 saturated carbocycles. The largest absolute Gasteiger partial charge is 0.339 e. The molecule has 1 aromatic heterocycles. The molecule has 5 rings (SSSR count). The number of fused-ring (bicyclic) bond motifs is 1. The first-order chi connectivity index (χ1) is 14.7. The van der Waals surface area contributed by atoms with Gasteiger partial charge >= 0.3 is 0 Å². The Morgan fingerprint density at radius 2 is 1.80 bits per heavy atom. The number of aromatic nitrogens is 3. The van der Waals surface area contributed by atoms with Gasteiger partial charge in [0.05, 0.1) is 5.92 Å². The Morgan fingerprint density at radius 3 is 2.60 bits per heavy atom. The summed E-state index contributed by atoms with van der Waals surface area (Å²) >= 11 is 0. The van der Waals surface area contributed by atoms with Crippen LogP contribution < -0.4 is 5.32 Å². The number of aryl methyl sites for hydroxylation is 1. The fraction of sp³-hybridized carbons (Fsp3) is 0.565. The fourth-order valence-corrected chi connectivity index (χ4v) is 5.12. The SMILES string of the molecule is O=C(Nc1ccc(-c2nnc3n2CCCCC3)cc1)C1CC(=O)N(C2CCCC2)C1. The topological polar surface area (TPSA) is 80.1 Å². The Kier molecular flexibility index (Phi) is 5.27. The Hall–Kier alpha value is -2.70. The van der Waals surface area contributed by atoms with Crippen molar-refractivity contribution in [1.29, 1.82) is 0 Å². The zero-order valence-corrected chi connectivity index (χ0v) is 17.3. The van der Waals surface area contributed by atoms with Crippen molar-refractivity contribution in [2.75, 3.05) is 11.9 Å². The molecule has 3 heterocycles. The maximum atomic E-state index is 12.7. The summed E-state index contributed by atoms with van der Waals surface area (Å²) in [5, 5.41) is 11.8. The van der Waals surface area contributed by atoms with Gasteiger partial charge in [0.1, 0.15) is 5.82 Å². The van der Waals surface area contributed by atoms with Gasteiger partial charge in [-0.25, -0.2) is 0 Å². The Morgan fingerprint density at radius 1 is 1.00 bits per heavy atom. The summed E-state index contributed by atoms with van der Waals surface area (Å²) < 4.78 is 2.22. The Labute approximate surface area is 176 Å². The lowest BCUT2D eigenvalue weighted by Crippen LogP contribution is -2.35. The maximum Gasteiger partial charge on any atom is 0.229 e. The highest BCUT2D eigenvalue weighted by Crippen LogP contribution is 2.30. The normalized spacial score (nSPS) is 22.2. The van der Waals surface area contributed by atoms with Crippen molar-refractivity contribution in [2.24, 2.45) is 5.92 Å². The average Bonchev–Trinajstić information content (AvgIpc) is 3.46. The third-order valence-corrected chi connectivity index (χ3v) is 6.81. The molecule has 3 aliphatic rings. The molecular weight excluding hydrogens is 378 g/mol. The van der Waals surface area contributed by atoms with Crippen LogP contribution in [-0.2, 0) is 22.6 Å². The lowest BCUT2D eigenvalue weighted by molar-refractivity contribution is -0.129. The number of benzene rings is 1. The van der Waals surface area contributed by atoms with Crippen molar-refractivity contribution < 1.29 is 9.59 Å². The highest BCUT2D eigenvalue weighted by atomic mass is 16.2. The number of rotatable bonds is 4. The molecule has 2 fully saturated rings. The molecule has 2 amide bonds. The van der Waals surface area contributed by atoms with Crippen LogP contribution in [0.3, 0.4) is 0 Å². The van der Waals surface area contributed by atoms with E-state index >= 15 is 0 Å². The molecule has 7 nitrogen and oxygen atoms in total. The number of carbonyl (C=O) groups is 2. The fourth-order valence-electron chi connectivity index (χ4n) is 5.12. The molecule has 0 bridgehead atoms. The van der Waals surface area contributed by atoms with E-state index in [9.17, 15) is 9.59 Å². The van der Waals surface area contributed by atoms with Crippen LogP contribution in [0.2, 0.25) is 0 Å². The minimum absolute atomic E-state index is 0.0621. The molecule has 7 heteroatoms. The summed E-state index contributed by atoms with van der Waals surface area (Å²) in [7, 11) is 0. The van der Waals surface area contributed by atoms with Gasteiger partial charge in [0, 0.05) is 43.2 Å². The van der Waals surface area contributed by atoms with Crippen LogP contribution in [0.25, 0.3) is 11.4 Å². The van der Waals surface area contributed by atoms with Crippen LogP contribution in [0.15, 0.2) is 24.3 Å². The van der Waals surface area contributed by atoms with Crippen molar-refractivity contribution in [3.05, 3.63) is 30.1 Å². The molecule has 1 unspecified atom stereocenters. The van der Waals surface area contributed by atoms with E-state index in [0.29, 0.717) is 19.0 Å². The number of likely N-dealkylation sites (tertiary alicyclic amines) is 1. The van der Waals surface area contributed by atoms with E-state index in [1.165, 1.54) is 25.7 Å². The van der Waals surface area contributed by atoms with Crippen LogP contribution in [-0.4, -0.2) is 44.1 Å². The van der Waals surface area contributed by atoms with Crippen molar-refractivity contribution >= 4 is 17.5 Å².